The maximum absolute atomic E-state index is 2.40. The highest BCUT2D eigenvalue weighted by Gasteiger charge is 2.14. The van der Waals surface area contributed by atoms with Crippen molar-refractivity contribution in [3.8, 4) is 0 Å². The van der Waals surface area contributed by atoms with Gasteiger partial charge in [0.05, 0.1) is 0 Å². The third-order valence-corrected chi connectivity index (χ3v) is 3.70. The van der Waals surface area contributed by atoms with Crippen molar-refractivity contribution < 1.29 is 0 Å². The van der Waals surface area contributed by atoms with E-state index >= 15 is 0 Å². The Morgan fingerprint density at radius 3 is 1.86 bits per heavy atom. The molecule has 0 rings (SSSR count). The topological polar surface area (TPSA) is 6.48 Å². The third kappa shape index (κ3) is 12.8. The number of allylic oxidation sites excluding steroid dienone is 2. The van der Waals surface area contributed by atoms with Crippen molar-refractivity contribution in [1.29, 1.82) is 0 Å². The van der Waals surface area contributed by atoms with E-state index in [-0.39, 0.29) is 10.8 Å². The smallest absolute Gasteiger partial charge is 0.0160 e. The summed E-state index contributed by atoms with van der Waals surface area (Å²) in [5.41, 5.74) is 0.560. The van der Waals surface area contributed by atoms with Crippen molar-refractivity contribution in [3.05, 3.63) is 24.3 Å². The number of hydrogen-bond donors (Lipinski definition) is 0. The van der Waals surface area contributed by atoms with Gasteiger partial charge in [-0.15, -0.1) is 0 Å². The first-order chi connectivity index (χ1) is 9.56. The Morgan fingerprint density at radius 2 is 1.33 bits per heavy atom. The van der Waals surface area contributed by atoms with Crippen LogP contribution in [0.1, 0.15) is 48.0 Å². The Hall–Kier alpha value is -0.600. The van der Waals surface area contributed by atoms with E-state index < -0.39 is 0 Å². The molecule has 0 atom stereocenters. The second kappa shape index (κ2) is 9.42. The molecule has 0 aliphatic rings. The van der Waals surface area contributed by atoms with Crippen molar-refractivity contribution in [1.82, 2.24) is 9.80 Å². The molecule has 0 bridgehead atoms. The van der Waals surface area contributed by atoms with Crippen LogP contribution in [0.15, 0.2) is 24.3 Å². The molecule has 0 heterocycles. The van der Waals surface area contributed by atoms with Crippen molar-refractivity contribution in [2.24, 2.45) is 10.8 Å². The average Bonchev–Trinajstić information content (AvgIpc) is 2.34. The van der Waals surface area contributed by atoms with E-state index in [1.54, 1.807) is 0 Å². The Bertz CT molecular complexity index is 321. The van der Waals surface area contributed by atoms with Gasteiger partial charge < -0.3 is 9.80 Å². The summed E-state index contributed by atoms with van der Waals surface area (Å²) in [6, 6.07) is 0. The van der Waals surface area contributed by atoms with Crippen LogP contribution in [0, 0.1) is 10.8 Å². The van der Waals surface area contributed by atoms with Gasteiger partial charge in [-0.1, -0.05) is 65.8 Å². The predicted octanol–water partition coefficient (Wildman–Crippen LogP) is 4.44. The summed E-state index contributed by atoms with van der Waals surface area (Å²) in [7, 11) is 4.37. The molecule has 0 spiro atoms. The van der Waals surface area contributed by atoms with E-state index in [9.17, 15) is 0 Å². The summed E-state index contributed by atoms with van der Waals surface area (Å²) in [5.74, 6) is 0. The van der Waals surface area contributed by atoms with E-state index in [0.717, 1.165) is 26.2 Å². The first-order valence-electron chi connectivity index (χ1n) is 8.28. The van der Waals surface area contributed by atoms with Crippen molar-refractivity contribution >= 4 is 0 Å². The fourth-order valence-corrected chi connectivity index (χ4v) is 1.92. The predicted molar refractivity (Wildman–Crippen MR) is 96.8 cm³/mol. The highest BCUT2D eigenvalue weighted by Crippen LogP contribution is 2.22. The van der Waals surface area contributed by atoms with Gasteiger partial charge in [0.15, 0.2) is 0 Å². The molecule has 2 heteroatoms. The van der Waals surface area contributed by atoms with Gasteiger partial charge >= 0.3 is 0 Å². The molecule has 124 valence electrons. The number of hydrogen-bond acceptors (Lipinski definition) is 2. The molecule has 0 aliphatic carbocycles. The average molecular weight is 295 g/mol. The van der Waals surface area contributed by atoms with E-state index in [2.05, 4.69) is 89.7 Å². The maximum atomic E-state index is 2.40. The number of rotatable bonds is 9. The molecule has 0 aromatic carbocycles. The molecule has 0 radical (unpaired) electrons. The Labute approximate surface area is 133 Å². The minimum Gasteiger partial charge on any atom is -0.303 e. The van der Waals surface area contributed by atoms with Gasteiger partial charge in [0.1, 0.15) is 0 Å². The van der Waals surface area contributed by atoms with Crippen LogP contribution in [0.25, 0.3) is 0 Å². The van der Waals surface area contributed by atoms with E-state index in [0.29, 0.717) is 0 Å². The molecular weight excluding hydrogens is 256 g/mol. The van der Waals surface area contributed by atoms with Crippen LogP contribution < -0.4 is 0 Å². The van der Waals surface area contributed by atoms with Crippen LogP contribution in [0.4, 0.5) is 0 Å². The van der Waals surface area contributed by atoms with Crippen LogP contribution in [-0.4, -0.2) is 50.1 Å². The van der Waals surface area contributed by atoms with Gasteiger partial charge in [0.25, 0.3) is 0 Å². The summed E-state index contributed by atoms with van der Waals surface area (Å²) >= 11 is 0. The van der Waals surface area contributed by atoms with Crippen LogP contribution in [0.3, 0.4) is 0 Å². The summed E-state index contributed by atoms with van der Waals surface area (Å²) in [6.45, 7) is 17.9. The second-order valence-corrected chi connectivity index (χ2v) is 8.03. The summed E-state index contributed by atoms with van der Waals surface area (Å²) in [6.07, 6.45) is 10.5. The van der Waals surface area contributed by atoms with Gasteiger partial charge in [-0.3, -0.25) is 0 Å². The standard InChI is InChI=1S/C19H38N2/c1-9-20(7)15-11-13-19(5,6)14-17-21(8)16-10-12-18(2,3)4/h10-13H,9,14-17H2,1-8H3/b12-10+,13-11+. The fourth-order valence-electron chi connectivity index (χ4n) is 1.92. The van der Waals surface area contributed by atoms with Crippen molar-refractivity contribution in [2.75, 3.05) is 40.3 Å². The Morgan fingerprint density at radius 1 is 0.810 bits per heavy atom. The van der Waals surface area contributed by atoms with E-state index in [1.165, 1.54) is 6.42 Å². The molecule has 0 N–H and O–H groups in total. The molecule has 0 aromatic rings. The quantitative estimate of drug-likeness (QED) is 0.580. The highest BCUT2D eigenvalue weighted by atomic mass is 15.1. The van der Waals surface area contributed by atoms with Crippen LogP contribution in [-0.2, 0) is 0 Å². The van der Waals surface area contributed by atoms with Gasteiger partial charge in [0, 0.05) is 13.1 Å². The zero-order valence-electron chi connectivity index (χ0n) is 15.7. The molecule has 2 nitrogen and oxygen atoms in total. The zero-order valence-corrected chi connectivity index (χ0v) is 15.7. The van der Waals surface area contributed by atoms with Crippen LogP contribution >= 0.6 is 0 Å². The molecule has 0 aromatic heterocycles. The first kappa shape index (κ1) is 20.4. The van der Waals surface area contributed by atoms with E-state index in [4.69, 9.17) is 0 Å². The molecular formula is C19H38N2. The minimum atomic E-state index is 0.274. The lowest BCUT2D eigenvalue weighted by Crippen LogP contribution is -2.24. The molecule has 0 fully saturated rings. The fraction of sp³-hybridized carbons (Fsp3) is 0.789. The van der Waals surface area contributed by atoms with Crippen molar-refractivity contribution in [2.45, 2.75) is 48.0 Å². The largest absolute Gasteiger partial charge is 0.303 e. The lowest BCUT2D eigenvalue weighted by molar-refractivity contribution is 0.302. The molecule has 21 heavy (non-hydrogen) atoms. The van der Waals surface area contributed by atoms with Gasteiger partial charge in [-0.25, -0.2) is 0 Å². The molecule has 0 unspecified atom stereocenters. The molecule has 0 saturated carbocycles. The second-order valence-electron chi connectivity index (χ2n) is 8.03. The van der Waals surface area contributed by atoms with Crippen molar-refractivity contribution in [3.63, 3.8) is 0 Å². The molecule has 0 saturated heterocycles. The SMILES string of the molecule is CCN(C)C/C=C/C(C)(C)CCN(C)C/C=C/C(C)(C)C. The maximum Gasteiger partial charge on any atom is 0.0160 e. The summed E-state index contributed by atoms with van der Waals surface area (Å²) < 4.78 is 0. The van der Waals surface area contributed by atoms with Gasteiger partial charge in [-0.2, -0.15) is 0 Å². The highest BCUT2D eigenvalue weighted by molar-refractivity contribution is 4.97. The minimum absolute atomic E-state index is 0.274. The van der Waals surface area contributed by atoms with Crippen LogP contribution in [0.2, 0.25) is 0 Å². The Balaban J connectivity index is 4.09. The van der Waals surface area contributed by atoms with E-state index in [1.807, 2.05) is 0 Å². The Kier molecular flexibility index (Phi) is 9.15. The third-order valence-electron chi connectivity index (χ3n) is 3.70. The summed E-state index contributed by atoms with van der Waals surface area (Å²) in [4.78, 5) is 4.71. The zero-order chi connectivity index (χ0) is 16.5. The first-order valence-corrected chi connectivity index (χ1v) is 8.28. The molecule has 0 aliphatic heterocycles. The monoisotopic (exact) mass is 294 g/mol. The van der Waals surface area contributed by atoms with Crippen LogP contribution in [0.5, 0.6) is 0 Å². The lowest BCUT2D eigenvalue weighted by Gasteiger charge is -2.24. The summed E-state index contributed by atoms with van der Waals surface area (Å²) in [5, 5.41) is 0. The number of likely N-dealkylation sites (N-methyl/N-ethyl adjacent to an activating group) is 2. The number of nitrogens with zero attached hydrogens (tertiary/aromatic N) is 2. The lowest BCUT2D eigenvalue weighted by atomic mass is 9.88. The molecule has 0 amide bonds. The normalized spacial score (nSPS) is 14.2. The van der Waals surface area contributed by atoms with Gasteiger partial charge in [-0.05, 0) is 44.4 Å². The van der Waals surface area contributed by atoms with Gasteiger partial charge in [0.2, 0.25) is 0 Å².